The summed E-state index contributed by atoms with van der Waals surface area (Å²) in [6, 6.07) is 23.2. The van der Waals surface area contributed by atoms with Gasteiger partial charge in [-0.1, -0.05) is 48.5 Å². The minimum atomic E-state index is -3.59. The van der Waals surface area contributed by atoms with Crippen molar-refractivity contribution >= 4 is 22.1 Å². The molecule has 170 valence electrons. The van der Waals surface area contributed by atoms with Gasteiger partial charge >= 0.3 is 0 Å². The monoisotopic (exact) mass is 463 g/mol. The third-order valence-corrected chi connectivity index (χ3v) is 7.18. The van der Waals surface area contributed by atoms with Crippen LogP contribution in [-0.2, 0) is 16.6 Å². The summed E-state index contributed by atoms with van der Waals surface area (Å²) in [6.45, 7) is 1.48. The Morgan fingerprint density at radius 2 is 1.73 bits per heavy atom. The highest BCUT2D eigenvalue weighted by Gasteiger charge is 2.27. The normalized spacial score (nSPS) is 14.4. The fourth-order valence-corrected chi connectivity index (χ4v) is 5.09. The van der Waals surface area contributed by atoms with Crippen LogP contribution in [0.25, 0.3) is 0 Å². The number of sulfonamides is 1. The molecule has 0 atom stereocenters. The van der Waals surface area contributed by atoms with Gasteiger partial charge in [0.05, 0.1) is 11.1 Å². The number of nitrogens with zero attached hydrogens (tertiary/aromatic N) is 2. The van der Waals surface area contributed by atoms with Crippen molar-refractivity contribution in [2.45, 2.75) is 24.3 Å². The first-order valence-electron chi connectivity index (χ1n) is 10.7. The first-order chi connectivity index (χ1) is 16.0. The molecule has 7 nitrogen and oxygen atoms in total. The zero-order valence-corrected chi connectivity index (χ0v) is 18.9. The molecule has 33 heavy (non-hydrogen) atoms. The lowest BCUT2D eigenvalue weighted by Gasteiger charge is -2.15. The van der Waals surface area contributed by atoms with Gasteiger partial charge in [0, 0.05) is 18.7 Å². The predicted molar refractivity (Wildman–Crippen MR) is 127 cm³/mol. The summed E-state index contributed by atoms with van der Waals surface area (Å²) in [6.07, 6.45) is 3.22. The van der Waals surface area contributed by atoms with Gasteiger partial charge < -0.3 is 4.74 Å². The Morgan fingerprint density at radius 3 is 2.52 bits per heavy atom. The van der Waals surface area contributed by atoms with Gasteiger partial charge in [-0.05, 0) is 54.3 Å². The van der Waals surface area contributed by atoms with Crippen molar-refractivity contribution in [1.82, 2.24) is 9.73 Å². The molecule has 0 spiro atoms. The van der Waals surface area contributed by atoms with Crippen LogP contribution in [0.5, 0.6) is 5.75 Å². The molecule has 0 aromatic heterocycles. The fourth-order valence-electron chi connectivity index (χ4n) is 3.53. The molecular weight excluding hydrogens is 438 g/mol. The summed E-state index contributed by atoms with van der Waals surface area (Å²) < 4.78 is 32.7. The fraction of sp³-hybridized carbons (Fsp3) is 0.200. The van der Waals surface area contributed by atoms with Crippen LogP contribution in [0.2, 0.25) is 0 Å². The van der Waals surface area contributed by atoms with Gasteiger partial charge in [-0.3, -0.25) is 4.79 Å². The smallest absolute Gasteiger partial charge is 0.271 e. The molecule has 0 radical (unpaired) electrons. The number of amides is 1. The standard InChI is InChI=1S/C25H25N3O4S/c29-25(22-11-7-13-24(17-22)33(30,31)28-14-4-5-15-28)27-26-18-21-10-6-12-23(16-21)32-19-20-8-2-1-3-9-20/h1-3,6-13,16-18H,4-5,14-15,19H2,(H,27,29). The molecule has 1 saturated heterocycles. The van der Waals surface area contributed by atoms with Crippen molar-refractivity contribution in [2.24, 2.45) is 5.10 Å². The number of hydrazone groups is 1. The van der Waals surface area contributed by atoms with Gasteiger partial charge in [0.1, 0.15) is 12.4 Å². The first kappa shape index (κ1) is 22.7. The maximum absolute atomic E-state index is 12.7. The summed E-state index contributed by atoms with van der Waals surface area (Å²) in [5, 5.41) is 4.01. The van der Waals surface area contributed by atoms with Crippen LogP contribution < -0.4 is 10.2 Å². The van der Waals surface area contributed by atoms with Crippen molar-refractivity contribution in [3.63, 3.8) is 0 Å². The average molecular weight is 464 g/mol. The SMILES string of the molecule is O=C(NN=Cc1cccc(OCc2ccccc2)c1)c1cccc(S(=O)(=O)N2CCCC2)c1. The van der Waals surface area contributed by atoms with Crippen molar-refractivity contribution in [2.75, 3.05) is 13.1 Å². The van der Waals surface area contributed by atoms with Gasteiger partial charge in [0.15, 0.2) is 0 Å². The quantitative estimate of drug-likeness (QED) is 0.406. The van der Waals surface area contributed by atoms with E-state index in [-0.39, 0.29) is 10.5 Å². The second kappa shape index (κ2) is 10.4. The highest BCUT2D eigenvalue weighted by molar-refractivity contribution is 7.89. The molecule has 1 heterocycles. The lowest BCUT2D eigenvalue weighted by atomic mass is 10.2. The van der Waals surface area contributed by atoms with Gasteiger partial charge in [0.25, 0.3) is 5.91 Å². The molecule has 1 aliphatic heterocycles. The number of carbonyl (C=O) groups excluding carboxylic acids is 1. The van der Waals surface area contributed by atoms with E-state index in [1.54, 1.807) is 12.1 Å². The highest BCUT2D eigenvalue weighted by Crippen LogP contribution is 2.21. The number of hydrogen-bond acceptors (Lipinski definition) is 5. The summed E-state index contributed by atoms with van der Waals surface area (Å²) in [5.41, 5.74) is 4.51. The molecule has 3 aromatic carbocycles. The summed E-state index contributed by atoms with van der Waals surface area (Å²) in [4.78, 5) is 12.6. The van der Waals surface area contributed by atoms with Crippen LogP contribution in [0.3, 0.4) is 0 Å². The molecule has 0 bridgehead atoms. The average Bonchev–Trinajstić information content (AvgIpc) is 3.40. The van der Waals surface area contributed by atoms with E-state index in [4.69, 9.17) is 4.74 Å². The minimum absolute atomic E-state index is 0.115. The first-order valence-corrected chi connectivity index (χ1v) is 12.2. The molecule has 0 saturated carbocycles. The van der Waals surface area contributed by atoms with Gasteiger partial charge in [0.2, 0.25) is 10.0 Å². The number of ether oxygens (including phenoxy) is 1. The van der Waals surface area contributed by atoms with Crippen LogP contribution in [0.1, 0.15) is 34.3 Å². The van der Waals surface area contributed by atoms with E-state index in [1.807, 2.05) is 54.6 Å². The second-order valence-electron chi connectivity index (χ2n) is 7.68. The van der Waals surface area contributed by atoms with E-state index < -0.39 is 15.9 Å². The zero-order chi connectivity index (χ0) is 23.1. The molecule has 0 unspecified atom stereocenters. The van der Waals surface area contributed by atoms with E-state index in [0.717, 1.165) is 24.0 Å². The topological polar surface area (TPSA) is 88.1 Å². The van der Waals surface area contributed by atoms with Crippen LogP contribution in [0.15, 0.2) is 88.9 Å². The predicted octanol–water partition coefficient (Wildman–Crippen LogP) is 3.81. The number of carbonyl (C=O) groups is 1. The maximum atomic E-state index is 12.7. The van der Waals surface area contributed by atoms with Crippen LogP contribution in [-0.4, -0.2) is 37.9 Å². The van der Waals surface area contributed by atoms with Gasteiger partial charge in [-0.15, -0.1) is 0 Å². The highest BCUT2D eigenvalue weighted by atomic mass is 32.2. The van der Waals surface area contributed by atoms with Gasteiger partial charge in [-0.25, -0.2) is 13.8 Å². The van der Waals surface area contributed by atoms with Crippen LogP contribution in [0.4, 0.5) is 0 Å². The lowest BCUT2D eigenvalue weighted by molar-refractivity contribution is 0.0955. The lowest BCUT2D eigenvalue weighted by Crippen LogP contribution is -2.28. The molecule has 1 N–H and O–H groups in total. The Labute approximate surface area is 193 Å². The zero-order valence-electron chi connectivity index (χ0n) is 18.1. The Balaban J connectivity index is 1.37. The van der Waals surface area contributed by atoms with Gasteiger partial charge in [-0.2, -0.15) is 9.41 Å². The largest absolute Gasteiger partial charge is 0.489 e. The second-order valence-corrected chi connectivity index (χ2v) is 9.62. The van der Waals surface area contributed by atoms with Crippen molar-refractivity contribution in [3.05, 3.63) is 95.6 Å². The van der Waals surface area contributed by atoms with Crippen LogP contribution >= 0.6 is 0 Å². The van der Waals surface area contributed by atoms with Crippen molar-refractivity contribution < 1.29 is 17.9 Å². The summed E-state index contributed by atoms with van der Waals surface area (Å²) in [5.74, 6) is 0.204. The van der Waals surface area contributed by atoms with Crippen molar-refractivity contribution in [3.8, 4) is 5.75 Å². The number of hydrogen-bond donors (Lipinski definition) is 1. The molecule has 1 aliphatic rings. The van der Waals surface area contributed by atoms with E-state index in [2.05, 4.69) is 10.5 Å². The minimum Gasteiger partial charge on any atom is -0.489 e. The Kier molecular flexibility index (Phi) is 7.16. The van der Waals surface area contributed by atoms with E-state index >= 15 is 0 Å². The Bertz CT molecular complexity index is 1240. The Morgan fingerprint density at radius 1 is 0.970 bits per heavy atom. The summed E-state index contributed by atoms with van der Waals surface area (Å²) >= 11 is 0. The number of nitrogens with one attached hydrogen (secondary N) is 1. The summed E-state index contributed by atoms with van der Waals surface area (Å²) in [7, 11) is -3.59. The van der Waals surface area contributed by atoms with E-state index in [9.17, 15) is 13.2 Å². The Hall–Kier alpha value is -3.49. The number of benzene rings is 3. The molecule has 1 amide bonds. The maximum Gasteiger partial charge on any atom is 0.271 e. The van der Waals surface area contributed by atoms with E-state index in [0.29, 0.717) is 25.4 Å². The molecule has 8 heteroatoms. The van der Waals surface area contributed by atoms with Crippen LogP contribution in [0, 0.1) is 0 Å². The number of rotatable bonds is 8. The molecule has 4 rings (SSSR count). The third kappa shape index (κ3) is 5.85. The van der Waals surface area contributed by atoms with E-state index in [1.165, 1.54) is 22.7 Å². The molecular formula is C25H25N3O4S. The molecule has 1 fully saturated rings. The molecule has 3 aromatic rings. The molecule has 0 aliphatic carbocycles. The third-order valence-electron chi connectivity index (χ3n) is 5.29. The van der Waals surface area contributed by atoms with Crippen molar-refractivity contribution in [1.29, 1.82) is 0 Å².